The maximum Gasteiger partial charge on any atom is 0.338 e. The largest absolute Gasteiger partial charge is 0.461 e. The Kier molecular flexibility index (Phi) is 7.46. The lowest BCUT2D eigenvalue weighted by molar-refractivity contribution is -0.384. The molecule has 0 fully saturated rings. The van der Waals surface area contributed by atoms with Gasteiger partial charge in [-0.15, -0.1) is 0 Å². The Labute approximate surface area is 164 Å². The van der Waals surface area contributed by atoms with Crippen molar-refractivity contribution in [2.24, 2.45) is 0 Å². The number of hydrogen-bond donors (Lipinski definition) is 1. The van der Waals surface area contributed by atoms with Crippen molar-refractivity contribution in [3.05, 3.63) is 74.8 Å². The van der Waals surface area contributed by atoms with E-state index in [4.69, 9.17) is 21.1 Å². The van der Waals surface area contributed by atoms with Gasteiger partial charge in [-0.05, 0) is 24.3 Å². The lowest BCUT2D eigenvalue weighted by Gasteiger charge is -2.08. The number of rotatable bonds is 8. The van der Waals surface area contributed by atoms with Crippen molar-refractivity contribution >= 4 is 35.1 Å². The number of nitrogens with zero attached hydrogens (tertiary/aromatic N) is 1. The lowest BCUT2D eigenvalue weighted by atomic mass is 10.2. The van der Waals surface area contributed by atoms with Crippen LogP contribution in [0.15, 0.2) is 48.5 Å². The van der Waals surface area contributed by atoms with E-state index in [1.54, 1.807) is 30.3 Å². The van der Waals surface area contributed by atoms with Gasteiger partial charge >= 0.3 is 11.9 Å². The van der Waals surface area contributed by atoms with Crippen molar-refractivity contribution < 1.29 is 28.8 Å². The van der Waals surface area contributed by atoms with Crippen molar-refractivity contribution in [2.75, 3.05) is 19.8 Å². The van der Waals surface area contributed by atoms with Gasteiger partial charge < -0.3 is 14.8 Å². The highest BCUT2D eigenvalue weighted by Crippen LogP contribution is 2.24. The Morgan fingerprint density at radius 3 is 2.36 bits per heavy atom. The van der Waals surface area contributed by atoms with Crippen LogP contribution in [0.5, 0.6) is 0 Å². The first-order chi connectivity index (χ1) is 13.4. The van der Waals surface area contributed by atoms with E-state index in [9.17, 15) is 24.5 Å². The van der Waals surface area contributed by atoms with Crippen molar-refractivity contribution in [1.29, 1.82) is 0 Å². The van der Waals surface area contributed by atoms with Gasteiger partial charge in [0.05, 0.1) is 10.5 Å². The van der Waals surface area contributed by atoms with Gasteiger partial charge in [0.15, 0.2) is 0 Å². The fraction of sp³-hybridized carbons (Fsp3) is 0.167. The van der Waals surface area contributed by atoms with Gasteiger partial charge in [0, 0.05) is 11.6 Å². The number of hydrogen-bond acceptors (Lipinski definition) is 7. The van der Waals surface area contributed by atoms with Crippen molar-refractivity contribution in [3.63, 3.8) is 0 Å². The van der Waals surface area contributed by atoms with E-state index in [0.29, 0.717) is 5.56 Å². The predicted molar refractivity (Wildman–Crippen MR) is 98.1 cm³/mol. The van der Waals surface area contributed by atoms with E-state index in [1.807, 2.05) is 0 Å². The first-order valence-corrected chi connectivity index (χ1v) is 8.36. The molecule has 0 aliphatic rings. The summed E-state index contributed by atoms with van der Waals surface area (Å²) in [6.07, 6.45) is 0. The molecule has 0 heterocycles. The van der Waals surface area contributed by atoms with E-state index in [-0.39, 0.29) is 23.8 Å². The number of nitro benzene ring substituents is 1. The minimum Gasteiger partial charge on any atom is -0.461 e. The molecule has 9 nitrogen and oxygen atoms in total. The van der Waals surface area contributed by atoms with Crippen LogP contribution in [0.3, 0.4) is 0 Å². The molecule has 2 aromatic rings. The smallest absolute Gasteiger partial charge is 0.338 e. The third kappa shape index (κ3) is 6.06. The Bertz CT molecular complexity index is 887. The number of nitro groups is 1. The Balaban J connectivity index is 1.72. The first-order valence-electron chi connectivity index (χ1n) is 7.98. The number of ether oxygens (including phenoxy) is 2. The van der Waals surface area contributed by atoms with Crippen LogP contribution in [0, 0.1) is 10.1 Å². The molecule has 2 aromatic carbocycles. The molecule has 0 saturated heterocycles. The fourth-order valence-corrected chi connectivity index (χ4v) is 2.23. The monoisotopic (exact) mass is 406 g/mol. The molecule has 0 radical (unpaired) electrons. The zero-order valence-electron chi connectivity index (χ0n) is 14.4. The van der Waals surface area contributed by atoms with Crippen LogP contribution in [0.25, 0.3) is 0 Å². The van der Waals surface area contributed by atoms with Crippen molar-refractivity contribution in [1.82, 2.24) is 5.32 Å². The maximum atomic E-state index is 12.0. The second-order valence-corrected chi connectivity index (χ2v) is 5.74. The Morgan fingerprint density at radius 2 is 1.68 bits per heavy atom. The molecule has 2 rings (SSSR count). The second kappa shape index (κ2) is 10.0. The van der Waals surface area contributed by atoms with E-state index in [0.717, 1.165) is 6.07 Å². The number of amides is 1. The zero-order chi connectivity index (χ0) is 20.5. The van der Waals surface area contributed by atoms with Gasteiger partial charge in [-0.25, -0.2) is 4.79 Å². The molecule has 0 atom stereocenters. The summed E-state index contributed by atoms with van der Waals surface area (Å²) in [4.78, 5) is 45.4. The Hall–Kier alpha value is -3.46. The topological polar surface area (TPSA) is 125 Å². The fourth-order valence-electron chi connectivity index (χ4n) is 2.05. The summed E-state index contributed by atoms with van der Waals surface area (Å²) in [6, 6.07) is 11.8. The summed E-state index contributed by atoms with van der Waals surface area (Å²) in [7, 11) is 0. The molecule has 28 heavy (non-hydrogen) atoms. The number of carbonyl (C=O) groups is 3. The molecular weight excluding hydrogens is 392 g/mol. The van der Waals surface area contributed by atoms with Gasteiger partial charge in [0.1, 0.15) is 24.8 Å². The summed E-state index contributed by atoms with van der Waals surface area (Å²) in [5.41, 5.74) is -0.0732. The maximum absolute atomic E-state index is 12.0. The average Bonchev–Trinajstić information content (AvgIpc) is 2.70. The summed E-state index contributed by atoms with van der Waals surface area (Å²) in [5, 5.41) is 13.0. The highest BCUT2D eigenvalue weighted by atomic mass is 35.5. The third-order valence-electron chi connectivity index (χ3n) is 3.39. The quantitative estimate of drug-likeness (QED) is 0.309. The molecule has 0 saturated carbocycles. The molecule has 1 amide bonds. The second-order valence-electron chi connectivity index (χ2n) is 5.33. The van der Waals surface area contributed by atoms with Crippen LogP contribution >= 0.6 is 11.6 Å². The molecule has 0 spiro atoms. The summed E-state index contributed by atoms with van der Waals surface area (Å²) in [6.45, 7) is -0.779. The third-order valence-corrected chi connectivity index (χ3v) is 3.71. The highest BCUT2D eigenvalue weighted by Gasteiger charge is 2.17. The van der Waals surface area contributed by atoms with Gasteiger partial charge in [-0.3, -0.25) is 19.7 Å². The molecule has 0 unspecified atom stereocenters. The van der Waals surface area contributed by atoms with Gasteiger partial charge in [0.2, 0.25) is 0 Å². The van der Waals surface area contributed by atoms with Crippen LogP contribution in [0.1, 0.15) is 20.7 Å². The number of esters is 2. The normalized spacial score (nSPS) is 10.0. The molecule has 10 heteroatoms. The summed E-state index contributed by atoms with van der Waals surface area (Å²) >= 11 is 5.67. The minimum absolute atomic E-state index is 0.0271. The van der Waals surface area contributed by atoms with Crippen LogP contribution in [0.4, 0.5) is 5.69 Å². The van der Waals surface area contributed by atoms with Gasteiger partial charge in [-0.1, -0.05) is 29.8 Å². The molecule has 0 aliphatic heterocycles. The molecule has 0 aromatic heterocycles. The Morgan fingerprint density at radius 1 is 1.00 bits per heavy atom. The van der Waals surface area contributed by atoms with Crippen molar-refractivity contribution in [2.45, 2.75) is 0 Å². The van der Waals surface area contributed by atoms with E-state index >= 15 is 0 Å². The predicted octanol–water partition coefficient (Wildman–Crippen LogP) is 2.38. The van der Waals surface area contributed by atoms with Gasteiger partial charge in [-0.2, -0.15) is 0 Å². The summed E-state index contributed by atoms with van der Waals surface area (Å²) < 4.78 is 9.78. The zero-order valence-corrected chi connectivity index (χ0v) is 15.2. The lowest BCUT2D eigenvalue weighted by Crippen LogP contribution is -2.31. The van der Waals surface area contributed by atoms with Crippen LogP contribution in [-0.2, 0) is 14.3 Å². The van der Waals surface area contributed by atoms with Gasteiger partial charge in [0.25, 0.3) is 11.6 Å². The minimum atomic E-state index is -0.757. The average molecular weight is 407 g/mol. The molecular formula is C18H15ClN2O7. The number of halogens is 1. The first kappa shape index (κ1) is 20.8. The van der Waals surface area contributed by atoms with Crippen molar-refractivity contribution in [3.8, 4) is 0 Å². The molecule has 0 aliphatic carbocycles. The number of benzene rings is 2. The molecule has 146 valence electrons. The molecule has 1 N–H and O–H groups in total. The number of nitrogens with one attached hydrogen (secondary N) is 1. The van der Waals surface area contributed by atoms with Crippen LogP contribution in [-0.4, -0.2) is 42.5 Å². The standard InChI is InChI=1S/C18H15ClN2O7/c19-14-7-6-13(10-15(14)21(25)26)17(23)20-11-16(22)27-8-9-28-18(24)12-4-2-1-3-5-12/h1-7,10H,8-9,11H2,(H,20,23). The van der Waals surface area contributed by atoms with E-state index in [2.05, 4.69) is 5.32 Å². The van der Waals surface area contributed by atoms with E-state index in [1.165, 1.54) is 12.1 Å². The highest BCUT2D eigenvalue weighted by molar-refractivity contribution is 6.32. The SMILES string of the molecule is O=C(CNC(=O)c1ccc(Cl)c([N+](=O)[O-])c1)OCCOC(=O)c1ccccc1. The van der Waals surface area contributed by atoms with Crippen LogP contribution < -0.4 is 5.32 Å². The van der Waals surface area contributed by atoms with E-state index < -0.39 is 35.0 Å². The van der Waals surface area contributed by atoms with Crippen LogP contribution in [0.2, 0.25) is 5.02 Å². The summed E-state index contributed by atoms with van der Waals surface area (Å²) in [5.74, 6) is -2.01. The number of carbonyl (C=O) groups excluding carboxylic acids is 3. The molecule has 0 bridgehead atoms.